The Hall–Kier alpha value is -3.61. The molecule has 2 amide bonds. The quantitative estimate of drug-likeness (QED) is 0.403. The minimum absolute atomic E-state index is 0.139. The molecule has 9 nitrogen and oxygen atoms in total. The number of anilines is 3. The van der Waals surface area contributed by atoms with Gasteiger partial charge in [-0.1, -0.05) is 23.7 Å². The number of fused-ring (bicyclic) bond motifs is 4. The second kappa shape index (κ2) is 10.9. The number of benzene rings is 1. The molecule has 39 heavy (non-hydrogen) atoms. The number of hydrogen-bond donors (Lipinski definition) is 3. The van der Waals surface area contributed by atoms with Gasteiger partial charge in [-0.3, -0.25) is 4.90 Å². The standard InChI is InChI=1S/C26H25ClF3N5O4/c27-20-11-21-24(33-23(20)15-3-1-4-16(9-15)26(28,29)30)35(18-5-2-8-34(21)12-18)25(38)32-17-6-7-31-22(10-17)39-14-19(37)13-36/h1,3-4,6-7,9-11,18-19,36-37H,2,5,8,12-14H2,(H,31,32,38)/t18-,19-/m0/s1. The van der Waals surface area contributed by atoms with E-state index in [-0.39, 0.29) is 34.8 Å². The summed E-state index contributed by atoms with van der Waals surface area (Å²) >= 11 is 6.53. The van der Waals surface area contributed by atoms with Gasteiger partial charge in [-0.15, -0.1) is 0 Å². The molecule has 0 unspecified atom stereocenters. The fraction of sp³-hybridized carbons (Fsp3) is 0.346. The SMILES string of the molecule is O=C(Nc1ccnc(OC[C@@H](O)CO)c1)N1c2nc(-c3cccc(C(F)(F)F)c3)c(Cl)cc2N2CCC[C@H]1C2. The first kappa shape index (κ1) is 27.0. The van der Waals surface area contributed by atoms with Gasteiger partial charge in [0.05, 0.1) is 34.6 Å². The second-order valence-corrected chi connectivity index (χ2v) is 9.72. The van der Waals surface area contributed by atoms with Crippen LogP contribution in [-0.2, 0) is 6.18 Å². The molecule has 0 saturated carbocycles. The van der Waals surface area contributed by atoms with Crippen molar-refractivity contribution in [2.45, 2.75) is 31.2 Å². The van der Waals surface area contributed by atoms with Crippen LogP contribution < -0.4 is 19.9 Å². The number of hydrogen-bond acceptors (Lipinski definition) is 7. The molecule has 206 valence electrons. The van der Waals surface area contributed by atoms with Crippen molar-refractivity contribution in [2.24, 2.45) is 0 Å². The van der Waals surface area contributed by atoms with Gasteiger partial charge in [0, 0.05) is 36.6 Å². The molecule has 2 bridgehead atoms. The van der Waals surface area contributed by atoms with Crippen LogP contribution in [0.2, 0.25) is 5.02 Å². The number of piperidine rings is 1. The summed E-state index contributed by atoms with van der Waals surface area (Å²) in [4.78, 5) is 25.9. The van der Waals surface area contributed by atoms with Crippen LogP contribution >= 0.6 is 11.6 Å². The van der Waals surface area contributed by atoms with Crippen molar-refractivity contribution in [3.8, 4) is 17.1 Å². The summed E-state index contributed by atoms with van der Waals surface area (Å²) in [5.41, 5.74) is 0.495. The smallest absolute Gasteiger partial charge is 0.416 e. The Kier molecular flexibility index (Phi) is 7.52. The number of amides is 2. The molecule has 0 spiro atoms. The molecule has 1 saturated heterocycles. The van der Waals surface area contributed by atoms with Crippen molar-refractivity contribution >= 4 is 34.8 Å². The summed E-state index contributed by atoms with van der Waals surface area (Å²) in [6, 6.07) is 8.73. The molecule has 3 aromatic rings. The molecule has 0 aliphatic carbocycles. The van der Waals surface area contributed by atoms with Crippen molar-refractivity contribution in [1.29, 1.82) is 0 Å². The number of nitrogens with one attached hydrogen (secondary N) is 1. The van der Waals surface area contributed by atoms with Gasteiger partial charge in [0.1, 0.15) is 12.7 Å². The predicted octanol–water partition coefficient (Wildman–Crippen LogP) is 4.57. The first-order valence-corrected chi connectivity index (χ1v) is 12.6. The van der Waals surface area contributed by atoms with Gasteiger partial charge in [-0.2, -0.15) is 13.2 Å². The van der Waals surface area contributed by atoms with E-state index in [1.54, 1.807) is 12.1 Å². The van der Waals surface area contributed by atoms with Crippen molar-refractivity contribution < 1.29 is 32.9 Å². The van der Waals surface area contributed by atoms with Crippen LogP contribution in [0.25, 0.3) is 11.3 Å². The number of aliphatic hydroxyl groups excluding tert-OH is 2. The highest BCUT2D eigenvalue weighted by molar-refractivity contribution is 6.33. The average Bonchev–Trinajstić information content (AvgIpc) is 2.92. The fourth-order valence-electron chi connectivity index (χ4n) is 4.73. The Bertz CT molecular complexity index is 1380. The number of aromatic nitrogens is 2. The number of urea groups is 1. The minimum atomic E-state index is -4.53. The summed E-state index contributed by atoms with van der Waals surface area (Å²) in [5.74, 6) is 0.441. The summed E-state index contributed by atoms with van der Waals surface area (Å²) in [7, 11) is 0. The monoisotopic (exact) mass is 563 g/mol. The summed E-state index contributed by atoms with van der Waals surface area (Å²) in [6.45, 7) is 0.652. The number of alkyl halides is 3. The Morgan fingerprint density at radius 2 is 2.08 bits per heavy atom. The maximum absolute atomic E-state index is 13.6. The van der Waals surface area contributed by atoms with E-state index < -0.39 is 30.5 Å². The lowest BCUT2D eigenvalue weighted by Crippen LogP contribution is -2.56. The third-order valence-electron chi connectivity index (χ3n) is 6.57. The fourth-order valence-corrected chi connectivity index (χ4v) is 4.98. The molecule has 1 fully saturated rings. The zero-order valence-electron chi connectivity index (χ0n) is 20.5. The number of carbonyl (C=O) groups is 1. The Balaban J connectivity index is 1.48. The van der Waals surface area contributed by atoms with Gasteiger partial charge >= 0.3 is 12.2 Å². The maximum Gasteiger partial charge on any atom is 0.416 e. The topological polar surface area (TPSA) is 111 Å². The van der Waals surface area contributed by atoms with Gasteiger partial charge in [0.15, 0.2) is 5.82 Å². The van der Waals surface area contributed by atoms with Gasteiger partial charge in [0.2, 0.25) is 5.88 Å². The second-order valence-electron chi connectivity index (χ2n) is 9.31. The zero-order chi connectivity index (χ0) is 27.7. The summed E-state index contributed by atoms with van der Waals surface area (Å²) in [5, 5.41) is 21.5. The molecule has 1 aromatic carbocycles. The van der Waals surface area contributed by atoms with Crippen LogP contribution in [-0.4, -0.2) is 64.7 Å². The summed E-state index contributed by atoms with van der Waals surface area (Å²) < 4.78 is 45.5. The Morgan fingerprint density at radius 1 is 1.26 bits per heavy atom. The molecule has 2 aliphatic heterocycles. The average molecular weight is 564 g/mol. The van der Waals surface area contributed by atoms with Gasteiger partial charge in [-0.05, 0) is 37.1 Å². The van der Waals surface area contributed by atoms with Crippen LogP contribution in [0, 0.1) is 0 Å². The highest BCUT2D eigenvalue weighted by Crippen LogP contribution is 2.43. The molecule has 0 radical (unpaired) electrons. The molecule has 2 aromatic heterocycles. The van der Waals surface area contributed by atoms with Crippen LogP contribution in [0.4, 0.5) is 35.2 Å². The highest BCUT2D eigenvalue weighted by atomic mass is 35.5. The van der Waals surface area contributed by atoms with Crippen molar-refractivity contribution in [1.82, 2.24) is 9.97 Å². The van der Waals surface area contributed by atoms with Crippen molar-refractivity contribution in [3.05, 3.63) is 59.2 Å². The third kappa shape index (κ3) is 5.72. The van der Waals surface area contributed by atoms with Crippen molar-refractivity contribution in [3.63, 3.8) is 0 Å². The van der Waals surface area contributed by atoms with E-state index in [2.05, 4.69) is 20.2 Å². The van der Waals surface area contributed by atoms with Crippen LogP contribution in [0.15, 0.2) is 48.7 Å². The maximum atomic E-state index is 13.6. The van der Waals surface area contributed by atoms with Gasteiger partial charge < -0.3 is 25.2 Å². The third-order valence-corrected chi connectivity index (χ3v) is 6.86. The number of ether oxygens (including phenoxy) is 1. The van der Waals surface area contributed by atoms with E-state index in [4.69, 9.17) is 21.4 Å². The first-order chi connectivity index (χ1) is 18.6. The lowest BCUT2D eigenvalue weighted by molar-refractivity contribution is -0.137. The molecule has 2 aliphatic rings. The number of rotatable bonds is 6. The van der Waals surface area contributed by atoms with E-state index in [0.29, 0.717) is 23.7 Å². The van der Waals surface area contributed by atoms with E-state index >= 15 is 0 Å². The van der Waals surface area contributed by atoms with E-state index in [1.165, 1.54) is 29.3 Å². The highest BCUT2D eigenvalue weighted by Gasteiger charge is 2.39. The van der Waals surface area contributed by atoms with Crippen molar-refractivity contribution in [2.75, 3.05) is 41.4 Å². The normalized spacial score (nSPS) is 17.4. The Labute approximate surface area is 226 Å². The number of aliphatic hydroxyl groups is 2. The van der Waals surface area contributed by atoms with E-state index in [9.17, 15) is 23.1 Å². The van der Waals surface area contributed by atoms with Crippen LogP contribution in [0.3, 0.4) is 0 Å². The first-order valence-electron chi connectivity index (χ1n) is 12.2. The number of pyridine rings is 2. The molecule has 3 N–H and O–H groups in total. The lowest BCUT2D eigenvalue weighted by atomic mass is 9.99. The van der Waals surface area contributed by atoms with E-state index in [1.807, 2.05) is 0 Å². The van der Waals surface area contributed by atoms with Crippen LogP contribution in [0.5, 0.6) is 5.88 Å². The molecular formula is C26H25ClF3N5O4. The van der Waals surface area contributed by atoms with Crippen LogP contribution in [0.1, 0.15) is 18.4 Å². The van der Waals surface area contributed by atoms with Gasteiger partial charge in [-0.25, -0.2) is 14.8 Å². The number of carbonyl (C=O) groups excluding carboxylic acids is 1. The lowest BCUT2D eigenvalue weighted by Gasteiger charge is -2.46. The summed E-state index contributed by atoms with van der Waals surface area (Å²) in [6.07, 6.45) is -2.63. The molecular weight excluding hydrogens is 539 g/mol. The molecule has 2 atom stereocenters. The molecule has 4 heterocycles. The minimum Gasteiger partial charge on any atom is -0.475 e. The largest absolute Gasteiger partial charge is 0.475 e. The number of nitrogens with zero attached hydrogens (tertiary/aromatic N) is 4. The molecule has 5 rings (SSSR count). The number of halogens is 4. The predicted molar refractivity (Wildman–Crippen MR) is 139 cm³/mol. The molecule has 13 heteroatoms. The zero-order valence-corrected chi connectivity index (χ0v) is 21.3. The van der Waals surface area contributed by atoms with Gasteiger partial charge in [0.25, 0.3) is 0 Å². The Morgan fingerprint density at radius 3 is 2.85 bits per heavy atom. The van der Waals surface area contributed by atoms with E-state index in [0.717, 1.165) is 31.5 Å².